The molecule has 0 radical (unpaired) electrons. The molecule has 5 heterocycles. The number of piperazine rings is 1. The SMILES string of the molecule is O=C(c1ccco1)N1CCN(CC2CC2)[C@H](c2cn3c(N4CCCC4)cccc3n2)C1. The Morgan fingerprint density at radius 3 is 2.71 bits per heavy atom. The normalized spacial score (nSPS) is 22.5. The predicted octanol–water partition coefficient (Wildman–Crippen LogP) is 3.44. The van der Waals surface area contributed by atoms with Gasteiger partial charge in [-0.15, -0.1) is 0 Å². The number of imidazole rings is 1. The van der Waals surface area contributed by atoms with E-state index in [1.54, 1.807) is 18.4 Å². The first kappa shape index (κ1) is 18.9. The lowest BCUT2D eigenvalue weighted by Gasteiger charge is -2.40. The van der Waals surface area contributed by atoms with Crippen LogP contribution in [0, 0.1) is 5.92 Å². The number of nitrogens with zero attached hydrogens (tertiary/aromatic N) is 5. The third kappa shape index (κ3) is 3.61. The molecule has 1 amide bonds. The molecule has 3 aliphatic rings. The highest BCUT2D eigenvalue weighted by Gasteiger charge is 2.36. The molecule has 2 aliphatic heterocycles. The second-order valence-electron chi connectivity index (χ2n) is 9.15. The number of amides is 1. The number of carbonyl (C=O) groups excluding carboxylic acids is 1. The van der Waals surface area contributed by atoms with Gasteiger partial charge in [-0.25, -0.2) is 4.98 Å². The molecule has 31 heavy (non-hydrogen) atoms. The van der Waals surface area contributed by atoms with Crippen LogP contribution in [0.2, 0.25) is 0 Å². The molecule has 0 spiro atoms. The summed E-state index contributed by atoms with van der Waals surface area (Å²) >= 11 is 0. The highest BCUT2D eigenvalue weighted by atomic mass is 16.3. The lowest BCUT2D eigenvalue weighted by atomic mass is 10.1. The summed E-state index contributed by atoms with van der Waals surface area (Å²) < 4.78 is 7.62. The molecular weight excluding hydrogens is 390 g/mol. The fourth-order valence-electron chi connectivity index (χ4n) is 5.07. The van der Waals surface area contributed by atoms with Crippen molar-refractivity contribution >= 4 is 17.4 Å². The van der Waals surface area contributed by atoms with E-state index in [9.17, 15) is 4.79 Å². The molecule has 0 aromatic carbocycles. The highest BCUT2D eigenvalue weighted by Crippen LogP contribution is 2.35. The Morgan fingerprint density at radius 2 is 1.94 bits per heavy atom. The summed E-state index contributed by atoms with van der Waals surface area (Å²) in [4.78, 5) is 24.9. The molecule has 7 heteroatoms. The topological polar surface area (TPSA) is 57.2 Å². The molecule has 3 aromatic heterocycles. The molecule has 2 saturated heterocycles. The van der Waals surface area contributed by atoms with Crippen LogP contribution >= 0.6 is 0 Å². The molecule has 1 saturated carbocycles. The summed E-state index contributed by atoms with van der Waals surface area (Å²) in [7, 11) is 0. The van der Waals surface area contributed by atoms with Crippen LogP contribution < -0.4 is 4.90 Å². The Labute approximate surface area is 182 Å². The van der Waals surface area contributed by atoms with Gasteiger partial charge in [0.2, 0.25) is 0 Å². The zero-order chi connectivity index (χ0) is 20.8. The number of pyridine rings is 1. The van der Waals surface area contributed by atoms with Crippen molar-refractivity contribution in [2.75, 3.05) is 44.2 Å². The number of hydrogen-bond donors (Lipinski definition) is 0. The average molecular weight is 420 g/mol. The second kappa shape index (κ2) is 7.71. The molecule has 1 aliphatic carbocycles. The van der Waals surface area contributed by atoms with Gasteiger partial charge < -0.3 is 14.2 Å². The van der Waals surface area contributed by atoms with Gasteiger partial charge in [0.05, 0.1) is 18.0 Å². The first-order valence-corrected chi connectivity index (χ1v) is 11.6. The van der Waals surface area contributed by atoms with E-state index >= 15 is 0 Å². The van der Waals surface area contributed by atoms with Crippen molar-refractivity contribution in [2.24, 2.45) is 5.92 Å². The number of furan rings is 1. The van der Waals surface area contributed by atoms with Gasteiger partial charge in [0.15, 0.2) is 5.76 Å². The molecule has 3 fully saturated rings. The van der Waals surface area contributed by atoms with Gasteiger partial charge >= 0.3 is 0 Å². The number of aromatic nitrogens is 2. The largest absolute Gasteiger partial charge is 0.459 e. The quantitative estimate of drug-likeness (QED) is 0.634. The molecule has 0 bridgehead atoms. The Hall–Kier alpha value is -2.80. The van der Waals surface area contributed by atoms with Crippen LogP contribution in [-0.2, 0) is 0 Å². The molecule has 0 unspecified atom stereocenters. The minimum absolute atomic E-state index is 0.0254. The van der Waals surface area contributed by atoms with Crippen molar-refractivity contribution in [2.45, 2.75) is 31.7 Å². The van der Waals surface area contributed by atoms with E-state index in [1.807, 2.05) is 4.90 Å². The first-order valence-electron chi connectivity index (χ1n) is 11.6. The van der Waals surface area contributed by atoms with E-state index in [4.69, 9.17) is 9.40 Å². The van der Waals surface area contributed by atoms with E-state index in [0.29, 0.717) is 12.3 Å². The fourth-order valence-corrected chi connectivity index (χ4v) is 5.07. The molecule has 0 N–H and O–H groups in total. The molecular formula is C24H29N5O2. The number of hydrogen-bond acceptors (Lipinski definition) is 5. The van der Waals surface area contributed by atoms with Crippen molar-refractivity contribution in [3.05, 3.63) is 54.2 Å². The Bertz CT molecular complexity index is 1070. The Kier molecular flexibility index (Phi) is 4.71. The number of anilines is 1. The molecule has 1 atom stereocenters. The van der Waals surface area contributed by atoms with Crippen LogP contribution in [0.1, 0.15) is 48.0 Å². The van der Waals surface area contributed by atoms with Crippen molar-refractivity contribution in [1.29, 1.82) is 0 Å². The van der Waals surface area contributed by atoms with Gasteiger partial charge in [-0.05, 0) is 55.9 Å². The van der Waals surface area contributed by atoms with Crippen molar-refractivity contribution < 1.29 is 9.21 Å². The van der Waals surface area contributed by atoms with Crippen molar-refractivity contribution in [3.8, 4) is 0 Å². The minimum atomic E-state index is -0.0254. The number of fused-ring (bicyclic) bond motifs is 1. The maximum Gasteiger partial charge on any atom is 0.289 e. The second-order valence-corrected chi connectivity index (χ2v) is 9.15. The highest BCUT2D eigenvalue weighted by molar-refractivity contribution is 5.91. The van der Waals surface area contributed by atoms with Crippen LogP contribution in [0.25, 0.3) is 5.65 Å². The van der Waals surface area contributed by atoms with Crippen LogP contribution in [0.5, 0.6) is 0 Å². The molecule has 6 rings (SSSR count). The van der Waals surface area contributed by atoms with Gasteiger partial charge in [0.25, 0.3) is 5.91 Å². The standard InChI is InChI=1S/C24H29N5O2/c30-24(21-5-4-14-31-21)28-13-12-27(15-18-8-9-18)20(17-28)19-16-29-22(25-19)6-3-7-23(29)26-10-1-2-11-26/h3-7,14,16,18,20H,1-2,8-13,15,17H2/t20-/m0/s1. The van der Waals surface area contributed by atoms with Crippen molar-refractivity contribution in [3.63, 3.8) is 0 Å². The fraction of sp³-hybridized carbons (Fsp3) is 0.500. The van der Waals surface area contributed by atoms with Gasteiger partial charge in [-0.3, -0.25) is 14.1 Å². The third-order valence-electron chi connectivity index (χ3n) is 6.96. The first-order chi connectivity index (χ1) is 15.3. The Balaban J connectivity index is 1.32. The summed E-state index contributed by atoms with van der Waals surface area (Å²) in [6.07, 6.45) is 8.91. The summed E-state index contributed by atoms with van der Waals surface area (Å²) in [5.41, 5.74) is 2.05. The third-order valence-corrected chi connectivity index (χ3v) is 6.96. The lowest BCUT2D eigenvalue weighted by molar-refractivity contribution is 0.0433. The average Bonchev–Trinajstić information content (AvgIpc) is 3.26. The van der Waals surface area contributed by atoms with E-state index in [-0.39, 0.29) is 11.9 Å². The number of rotatable bonds is 5. The van der Waals surface area contributed by atoms with E-state index in [1.165, 1.54) is 31.5 Å². The molecule has 162 valence electrons. The zero-order valence-corrected chi connectivity index (χ0v) is 17.8. The maximum absolute atomic E-state index is 13.0. The summed E-state index contributed by atoms with van der Waals surface area (Å²) in [5, 5.41) is 0. The van der Waals surface area contributed by atoms with Gasteiger partial charge in [-0.1, -0.05) is 6.07 Å². The van der Waals surface area contributed by atoms with E-state index in [0.717, 1.165) is 50.0 Å². The van der Waals surface area contributed by atoms with Crippen LogP contribution in [0.3, 0.4) is 0 Å². The lowest BCUT2D eigenvalue weighted by Crippen LogP contribution is -2.51. The Morgan fingerprint density at radius 1 is 1.06 bits per heavy atom. The van der Waals surface area contributed by atoms with Crippen LogP contribution in [0.4, 0.5) is 5.82 Å². The van der Waals surface area contributed by atoms with E-state index < -0.39 is 0 Å². The predicted molar refractivity (Wildman–Crippen MR) is 118 cm³/mol. The van der Waals surface area contributed by atoms with Gasteiger partial charge in [0, 0.05) is 45.5 Å². The smallest absolute Gasteiger partial charge is 0.289 e. The zero-order valence-electron chi connectivity index (χ0n) is 17.8. The summed E-state index contributed by atoms with van der Waals surface area (Å²) in [6, 6.07) is 10.0. The summed E-state index contributed by atoms with van der Waals surface area (Å²) in [6.45, 7) is 5.57. The van der Waals surface area contributed by atoms with Gasteiger partial charge in [-0.2, -0.15) is 0 Å². The van der Waals surface area contributed by atoms with Crippen LogP contribution in [0.15, 0.2) is 47.2 Å². The van der Waals surface area contributed by atoms with Gasteiger partial charge in [0.1, 0.15) is 11.5 Å². The molecule has 7 nitrogen and oxygen atoms in total. The summed E-state index contributed by atoms with van der Waals surface area (Å²) in [5.74, 6) is 2.41. The number of carbonyl (C=O) groups is 1. The van der Waals surface area contributed by atoms with Crippen LogP contribution in [-0.4, -0.2) is 64.4 Å². The van der Waals surface area contributed by atoms with E-state index in [2.05, 4.69) is 38.6 Å². The minimum Gasteiger partial charge on any atom is -0.459 e. The van der Waals surface area contributed by atoms with Crippen molar-refractivity contribution in [1.82, 2.24) is 19.2 Å². The maximum atomic E-state index is 13.0. The monoisotopic (exact) mass is 419 g/mol. The molecule has 3 aromatic rings.